The van der Waals surface area contributed by atoms with E-state index in [1.807, 2.05) is 6.08 Å². The van der Waals surface area contributed by atoms with Crippen molar-refractivity contribution in [3.8, 4) is 6.07 Å². The Balaban J connectivity index is 1.79. The van der Waals surface area contributed by atoms with Crippen molar-refractivity contribution < 1.29 is 0 Å². The second kappa shape index (κ2) is 8.02. The summed E-state index contributed by atoms with van der Waals surface area (Å²) in [6.07, 6.45) is 17.5. The van der Waals surface area contributed by atoms with Gasteiger partial charge in [-0.05, 0) is 69.1 Å². The standard InChI is InChI=1S/C20H33N/c1-3-5-13-20(16-21)14-11-19(12-15-20)18-9-7-17(6-4-2)8-10-18/h3,17-19H,1,4-15H2,2H3. The molecule has 0 radical (unpaired) electrons. The smallest absolute Gasteiger partial charge is 0.0689 e. The molecule has 0 saturated heterocycles. The number of hydrogen-bond acceptors (Lipinski definition) is 1. The van der Waals surface area contributed by atoms with Crippen LogP contribution in [0.25, 0.3) is 0 Å². The van der Waals surface area contributed by atoms with Gasteiger partial charge in [-0.3, -0.25) is 0 Å². The van der Waals surface area contributed by atoms with E-state index in [1.165, 1.54) is 51.4 Å². The molecule has 2 rings (SSSR count). The van der Waals surface area contributed by atoms with E-state index in [4.69, 9.17) is 0 Å². The van der Waals surface area contributed by atoms with Crippen LogP contribution < -0.4 is 0 Å². The number of nitrogens with zero attached hydrogens (tertiary/aromatic N) is 1. The summed E-state index contributed by atoms with van der Waals surface area (Å²) in [4.78, 5) is 0. The molecule has 0 aromatic carbocycles. The average Bonchev–Trinajstić information content (AvgIpc) is 2.55. The summed E-state index contributed by atoms with van der Waals surface area (Å²) in [6.45, 7) is 6.13. The first-order valence-electron chi connectivity index (χ1n) is 9.25. The van der Waals surface area contributed by atoms with Crippen molar-refractivity contribution in [3.63, 3.8) is 0 Å². The van der Waals surface area contributed by atoms with Crippen molar-refractivity contribution in [2.75, 3.05) is 0 Å². The molecule has 21 heavy (non-hydrogen) atoms. The first kappa shape index (κ1) is 16.6. The van der Waals surface area contributed by atoms with Crippen LogP contribution in [0, 0.1) is 34.5 Å². The molecule has 0 aromatic rings. The van der Waals surface area contributed by atoms with Gasteiger partial charge in [-0.15, -0.1) is 6.58 Å². The summed E-state index contributed by atoms with van der Waals surface area (Å²) >= 11 is 0. The van der Waals surface area contributed by atoms with Gasteiger partial charge in [0, 0.05) is 0 Å². The zero-order chi connectivity index (χ0) is 15.1. The molecular weight excluding hydrogens is 254 g/mol. The Labute approximate surface area is 131 Å². The van der Waals surface area contributed by atoms with Crippen molar-refractivity contribution >= 4 is 0 Å². The number of nitriles is 1. The molecule has 0 spiro atoms. The average molecular weight is 287 g/mol. The van der Waals surface area contributed by atoms with Gasteiger partial charge in [0.15, 0.2) is 0 Å². The molecule has 0 aliphatic heterocycles. The van der Waals surface area contributed by atoms with Gasteiger partial charge >= 0.3 is 0 Å². The van der Waals surface area contributed by atoms with E-state index < -0.39 is 0 Å². The molecule has 0 unspecified atom stereocenters. The van der Waals surface area contributed by atoms with Crippen molar-refractivity contribution in [1.29, 1.82) is 5.26 Å². The predicted molar refractivity (Wildman–Crippen MR) is 89.8 cm³/mol. The van der Waals surface area contributed by atoms with E-state index in [2.05, 4.69) is 19.6 Å². The molecule has 118 valence electrons. The lowest BCUT2D eigenvalue weighted by Gasteiger charge is -2.40. The van der Waals surface area contributed by atoms with Crippen LogP contribution in [0.1, 0.15) is 84.0 Å². The quantitative estimate of drug-likeness (QED) is 0.529. The molecule has 2 fully saturated rings. The highest BCUT2D eigenvalue weighted by molar-refractivity contribution is 5.03. The molecule has 0 aromatic heterocycles. The van der Waals surface area contributed by atoms with Gasteiger partial charge in [0.2, 0.25) is 0 Å². The van der Waals surface area contributed by atoms with Crippen LogP contribution in [0.5, 0.6) is 0 Å². The van der Waals surface area contributed by atoms with Crippen molar-refractivity contribution in [2.24, 2.45) is 23.2 Å². The Kier molecular flexibility index (Phi) is 6.34. The minimum atomic E-state index is -0.0237. The minimum Gasteiger partial charge on any atom is -0.198 e. The maximum Gasteiger partial charge on any atom is 0.0689 e. The lowest BCUT2D eigenvalue weighted by molar-refractivity contribution is 0.117. The normalized spacial score (nSPS) is 36.9. The van der Waals surface area contributed by atoms with Crippen LogP contribution >= 0.6 is 0 Å². The first-order valence-corrected chi connectivity index (χ1v) is 9.25. The summed E-state index contributed by atoms with van der Waals surface area (Å²) < 4.78 is 0. The van der Waals surface area contributed by atoms with Crippen LogP contribution in [0.2, 0.25) is 0 Å². The lowest BCUT2D eigenvalue weighted by Crippen LogP contribution is -2.31. The fourth-order valence-electron chi connectivity index (χ4n) is 4.82. The second-order valence-electron chi connectivity index (χ2n) is 7.63. The van der Waals surface area contributed by atoms with E-state index in [-0.39, 0.29) is 5.41 Å². The topological polar surface area (TPSA) is 23.8 Å². The largest absolute Gasteiger partial charge is 0.198 e. The Morgan fingerprint density at radius 3 is 2.24 bits per heavy atom. The Bertz CT molecular complexity index is 349. The van der Waals surface area contributed by atoms with Crippen LogP contribution in [-0.4, -0.2) is 0 Å². The molecule has 2 aliphatic rings. The van der Waals surface area contributed by atoms with Gasteiger partial charge < -0.3 is 0 Å². The molecule has 1 nitrogen and oxygen atoms in total. The molecule has 0 atom stereocenters. The Hall–Kier alpha value is -0.770. The highest BCUT2D eigenvalue weighted by Gasteiger charge is 2.38. The Morgan fingerprint density at radius 2 is 1.71 bits per heavy atom. The van der Waals surface area contributed by atoms with Crippen LogP contribution in [-0.2, 0) is 0 Å². The van der Waals surface area contributed by atoms with Gasteiger partial charge in [0.25, 0.3) is 0 Å². The SMILES string of the molecule is C=CCCC1(C#N)CCC(C2CCC(CCC)CC2)CC1. The van der Waals surface area contributed by atoms with Gasteiger partial charge in [0.05, 0.1) is 11.5 Å². The molecule has 0 N–H and O–H groups in total. The van der Waals surface area contributed by atoms with E-state index in [1.54, 1.807) is 0 Å². The van der Waals surface area contributed by atoms with Gasteiger partial charge in [0.1, 0.15) is 0 Å². The van der Waals surface area contributed by atoms with E-state index in [0.717, 1.165) is 43.4 Å². The third kappa shape index (κ3) is 4.35. The maximum atomic E-state index is 9.57. The molecule has 1 heteroatoms. The monoisotopic (exact) mass is 287 g/mol. The highest BCUT2D eigenvalue weighted by Crippen LogP contribution is 2.47. The van der Waals surface area contributed by atoms with Crippen molar-refractivity contribution in [3.05, 3.63) is 12.7 Å². The molecule has 2 saturated carbocycles. The van der Waals surface area contributed by atoms with Gasteiger partial charge in [-0.2, -0.15) is 5.26 Å². The zero-order valence-corrected chi connectivity index (χ0v) is 13.9. The van der Waals surface area contributed by atoms with Crippen LogP contribution in [0.3, 0.4) is 0 Å². The summed E-state index contributed by atoms with van der Waals surface area (Å²) in [5.41, 5.74) is -0.0237. The summed E-state index contributed by atoms with van der Waals surface area (Å²) in [7, 11) is 0. The summed E-state index contributed by atoms with van der Waals surface area (Å²) in [5, 5.41) is 9.57. The third-order valence-corrected chi connectivity index (χ3v) is 6.31. The third-order valence-electron chi connectivity index (χ3n) is 6.31. The van der Waals surface area contributed by atoms with Crippen molar-refractivity contribution in [2.45, 2.75) is 84.0 Å². The van der Waals surface area contributed by atoms with Crippen LogP contribution in [0.4, 0.5) is 0 Å². The maximum absolute atomic E-state index is 9.57. The van der Waals surface area contributed by atoms with E-state index in [0.29, 0.717) is 0 Å². The minimum absolute atomic E-state index is 0.0237. The zero-order valence-electron chi connectivity index (χ0n) is 13.9. The number of allylic oxidation sites excluding steroid dienone is 1. The molecule has 2 aliphatic carbocycles. The van der Waals surface area contributed by atoms with Crippen LogP contribution in [0.15, 0.2) is 12.7 Å². The van der Waals surface area contributed by atoms with E-state index >= 15 is 0 Å². The lowest BCUT2D eigenvalue weighted by atomic mass is 9.63. The van der Waals surface area contributed by atoms with Gasteiger partial charge in [-0.25, -0.2) is 0 Å². The molecule has 0 heterocycles. The fourth-order valence-corrected chi connectivity index (χ4v) is 4.82. The predicted octanol–water partition coefficient (Wildman–Crippen LogP) is 6.26. The summed E-state index contributed by atoms with van der Waals surface area (Å²) in [6, 6.07) is 2.65. The number of hydrogen-bond donors (Lipinski definition) is 0. The molecular formula is C20H33N. The second-order valence-corrected chi connectivity index (χ2v) is 7.63. The van der Waals surface area contributed by atoms with E-state index in [9.17, 15) is 5.26 Å². The number of rotatable bonds is 6. The molecule has 0 bridgehead atoms. The highest BCUT2D eigenvalue weighted by atomic mass is 14.4. The fraction of sp³-hybridized carbons (Fsp3) is 0.850. The Morgan fingerprint density at radius 1 is 1.10 bits per heavy atom. The first-order chi connectivity index (χ1) is 10.2. The van der Waals surface area contributed by atoms with Gasteiger partial charge in [-0.1, -0.05) is 38.7 Å². The molecule has 0 amide bonds. The summed E-state index contributed by atoms with van der Waals surface area (Å²) in [5.74, 6) is 2.90. The van der Waals surface area contributed by atoms with Crippen molar-refractivity contribution in [1.82, 2.24) is 0 Å².